The lowest BCUT2D eigenvalue weighted by atomic mass is 10.0. The molecule has 3 heteroatoms. The van der Waals surface area contributed by atoms with Crippen LogP contribution in [0.1, 0.15) is 11.3 Å². The van der Waals surface area contributed by atoms with Crippen LogP contribution in [-0.4, -0.2) is 11.8 Å². The number of hydrogen-bond donors (Lipinski definition) is 1. The smallest absolute Gasteiger partial charge is 0.231 e. The van der Waals surface area contributed by atoms with E-state index in [-0.39, 0.29) is 6.79 Å². The molecule has 4 rings (SSSR count). The van der Waals surface area contributed by atoms with Crippen molar-refractivity contribution in [3.63, 3.8) is 0 Å². The van der Waals surface area contributed by atoms with Crippen LogP contribution in [0.3, 0.4) is 0 Å². The molecule has 3 nitrogen and oxygen atoms in total. The summed E-state index contributed by atoms with van der Waals surface area (Å²) in [6, 6.07) is 16.2. The average Bonchev–Trinajstić information content (AvgIpc) is 3.11. The summed E-state index contributed by atoms with van der Waals surface area (Å²) in [6.07, 6.45) is 0. The van der Waals surface area contributed by atoms with E-state index >= 15 is 0 Å². The summed E-state index contributed by atoms with van der Waals surface area (Å²) in [6.45, 7) is 4.48. The maximum atomic E-state index is 5.41. The van der Waals surface area contributed by atoms with Gasteiger partial charge in [-0.25, -0.2) is 0 Å². The molecule has 0 saturated carbocycles. The third-order valence-electron chi connectivity index (χ3n) is 3.58. The predicted octanol–water partition coefficient (Wildman–Crippen LogP) is 3.96. The summed E-state index contributed by atoms with van der Waals surface area (Å²) in [5, 5.41) is 1.18. The molecule has 1 N–H and O–H groups in total. The molecule has 2 heterocycles. The minimum absolute atomic E-state index is 0.289. The number of aromatic amines is 1. The predicted molar refractivity (Wildman–Crippen MR) is 79.0 cm³/mol. The molecule has 0 radical (unpaired) electrons. The fourth-order valence-electron chi connectivity index (χ4n) is 2.48. The molecule has 0 aliphatic carbocycles. The first-order chi connectivity index (χ1) is 9.81. The molecule has 0 bridgehead atoms. The number of H-pyrrole nitrogens is 1. The first kappa shape index (κ1) is 11.2. The van der Waals surface area contributed by atoms with Gasteiger partial charge in [0.2, 0.25) is 6.79 Å². The number of aromatic nitrogens is 1. The van der Waals surface area contributed by atoms with Gasteiger partial charge < -0.3 is 14.5 Å². The number of rotatable bonds is 2. The van der Waals surface area contributed by atoms with Gasteiger partial charge in [0, 0.05) is 16.6 Å². The van der Waals surface area contributed by atoms with Crippen LogP contribution in [0.5, 0.6) is 11.5 Å². The minimum atomic E-state index is 0.289. The Morgan fingerprint density at radius 2 is 1.85 bits per heavy atom. The van der Waals surface area contributed by atoms with Crippen LogP contribution in [-0.2, 0) is 0 Å². The summed E-state index contributed by atoms with van der Waals surface area (Å²) in [5.74, 6) is 1.57. The highest BCUT2D eigenvalue weighted by Gasteiger charge is 2.15. The van der Waals surface area contributed by atoms with Gasteiger partial charge >= 0.3 is 0 Å². The number of hydrogen-bond acceptors (Lipinski definition) is 2. The Hall–Kier alpha value is -2.68. The molecule has 1 aliphatic rings. The zero-order valence-corrected chi connectivity index (χ0v) is 10.8. The molecule has 0 unspecified atom stereocenters. The van der Waals surface area contributed by atoms with Crippen LogP contribution in [0.2, 0.25) is 0 Å². The van der Waals surface area contributed by atoms with Gasteiger partial charge in [-0.15, -0.1) is 0 Å². The van der Waals surface area contributed by atoms with Gasteiger partial charge in [0.15, 0.2) is 11.5 Å². The highest BCUT2D eigenvalue weighted by molar-refractivity contribution is 5.88. The van der Waals surface area contributed by atoms with E-state index in [2.05, 4.69) is 29.8 Å². The highest BCUT2D eigenvalue weighted by Crippen LogP contribution is 2.35. The van der Waals surface area contributed by atoms with Crippen molar-refractivity contribution in [3.05, 3.63) is 66.4 Å². The summed E-state index contributed by atoms with van der Waals surface area (Å²) >= 11 is 0. The van der Waals surface area contributed by atoms with Gasteiger partial charge in [-0.2, -0.15) is 0 Å². The molecule has 0 fully saturated rings. The van der Waals surface area contributed by atoms with E-state index in [4.69, 9.17) is 9.47 Å². The fourth-order valence-corrected chi connectivity index (χ4v) is 2.48. The third-order valence-corrected chi connectivity index (χ3v) is 3.58. The average molecular weight is 263 g/mol. The summed E-state index contributed by atoms with van der Waals surface area (Å²) < 4.78 is 10.7. The quantitative estimate of drug-likeness (QED) is 0.759. The SMILES string of the molecule is C=C(c1ccc2c(c1)OCO2)c1cc2ccccc2[nH]1. The molecule has 0 saturated heterocycles. The van der Waals surface area contributed by atoms with Crippen LogP contribution in [0.15, 0.2) is 55.1 Å². The number of nitrogens with one attached hydrogen (secondary N) is 1. The molecule has 0 spiro atoms. The van der Waals surface area contributed by atoms with E-state index in [0.717, 1.165) is 33.8 Å². The van der Waals surface area contributed by atoms with Crippen molar-refractivity contribution in [2.45, 2.75) is 0 Å². The number of para-hydroxylation sites is 1. The van der Waals surface area contributed by atoms with Crippen LogP contribution in [0.25, 0.3) is 16.5 Å². The molecule has 1 aromatic heterocycles. The van der Waals surface area contributed by atoms with Crippen molar-refractivity contribution >= 4 is 16.5 Å². The highest BCUT2D eigenvalue weighted by atomic mass is 16.7. The Bertz CT molecular complexity index is 784. The molecular formula is C17H13NO2. The van der Waals surface area contributed by atoms with Crippen molar-refractivity contribution in [1.29, 1.82) is 0 Å². The number of fused-ring (bicyclic) bond motifs is 2. The van der Waals surface area contributed by atoms with Crippen molar-refractivity contribution in [1.82, 2.24) is 4.98 Å². The maximum absolute atomic E-state index is 5.41. The first-order valence-corrected chi connectivity index (χ1v) is 6.48. The van der Waals surface area contributed by atoms with Crippen molar-refractivity contribution in [2.75, 3.05) is 6.79 Å². The van der Waals surface area contributed by atoms with Crippen LogP contribution >= 0.6 is 0 Å². The Morgan fingerprint density at radius 3 is 2.75 bits per heavy atom. The summed E-state index contributed by atoms with van der Waals surface area (Å²) in [4.78, 5) is 3.39. The first-order valence-electron chi connectivity index (χ1n) is 6.48. The van der Waals surface area contributed by atoms with E-state index in [9.17, 15) is 0 Å². The molecular weight excluding hydrogens is 250 g/mol. The summed E-state index contributed by atoms with van der Waals surface area (Å²) in [5.41, 5.74) is 4.11. The van der Waals surface area contributed by atoms with Gasteiger partial charge in [0.25, 0.3) is 0 Å². The molecule has 1 aliphatic heterocycles. The van der Waals surface area contributed by atoms with Gasteiger partial charge in [-0.3, -0.25) is 0 Å². The van der Waals surface area contributed by atoms with Gasteiger partial charge in [-0.05, 0) is 35.4 Å². The molecule has 98 valence electrons. The molecule has 20 heavy (non-hydrogen) atoms. The maximum Gasteiger partial charge on any atom is 0.231 e. The molecule has 0 amide bonds. The lowest BCUT2D eigenvalue weighted by molar-refractivity contribution is 0.174. The fraction of sp³-hybridized carbons (Fsp3) is 0.0588. The van der Waals surface area contributed by atoms with Crippen LogP contribution < -0.4 is 9.47 Å². The second-order valence-corrected chi connectivity index (χ2v) is 4.82. The number of benzene rings is 2. The van der Waals surface area contributed by atoms with Gasteiger partial charge in [-0.1, -0.05) is 30.8 Å². The zero-order chi connectivity index (χ0) is 13.5. The van der Waals surface area contributed by atoms with E-state index < -0.39 is 0 Å². The second kappa shape index (κ2) is 4.17. The van der Waals surface area contributed by atoms with Crippen molar-refractivity contribution < 1.29 is 9.47 Å². The van der Waals surface area contributed by atoms with E-state index in [0.29, 0.717) is 0 Å². The van der Waals surface area contributed by atoms with Crippen molar-refractivity contribution in [2.24, 2.45) is 0 Å². The zero-order valence-electron chi connectivity index (χ0n) is 10.8. The van der Waals surface area contributed by atoms with Crippen LogP contribution in [0.4, 0.5) is 0 Å². The summed E-state index contributed by atoms with van der Waals surface area (Å²) in [7, 11) is 0. The third kappa shape index (κ3) is 1.67. The van der Waals surface area contributed by atoms with Crippen molar-refractivity contribution in [3.8, 4) is 11.5 Å². The second-order valence-electron chi connectivity index (χ2n) is 4.82. The lowest BCUT2D eigenvalue weighted by Gasteiger charge is -2.05. The standard InChI is InChI=1S/C17H13NO2/c1-11(12-6-7-16-17(9-12)20-10-19-16)15-8-13-4-2-3-5-14(13)18-15/h2-9,18H,1,10H2. The van der Waals surface area contributed by atoms with E-state index in [1.165, 1.54) is 5.39 Å². The van der Waals surface area contributed by atoms with Crippen LogP contribution in [0, 0.1) is 0 Å². The van der Waals surface area contributed by atoms with Gasteiger partial charge in [0.05, 0.1) is 0 Å². The van der Waals surface area contributed by atoms with Gasteiger partial charge in [0.1, 0.15) is 0 Å². The number of ether oxygens (including phenoxy) is 2. The Labute approximate surface area is 116 Å². The molecule has 2 aromatic carbocycles. The topological polar surface area (TPSA) is 34.2 Å². The van der Waals surface area contributed by atoms with E-state index in [1.54, 1.807) is 0 Å². The lowest BCUT2D eigenvalue weighted by Crippen LogP contribution is -1.93. The Kier molecular flexibility index (Phi) is 2.33. The van der Waals surface area contributed by atoms with E-state index in [1.807, 2.05) is 30.3 Å². The minimum Gasteiger partial charge on any atom is -0.454 e. The monoisotopic (exact) mass is 263 g/mol. The largest absolute Gasteiger partial charge is 0.454 e. The normalized spacial score (nSPS) is 12.8. The Morgan fingerprint density at radius 1 is 1.00 bits per heavy atom. The molecule has 3 aromatic rings. The Balaban J connectivity index is 1.76. The molecule has 0 atom stereocenters.